The van der Waals surface area contributed by atoms with E-state index in [1.165, 1.54) is 6.92 Å². The number of piperidine rings is 1. The van der Waals surface area contributed by atoms with Crippen molar-refractivity contribution in [1.29, 1.82) is 0 Å². The molecule has 31 heavy (non-hydrogen) atoms. The number of aryl methyl sites for hydroxylation is 1. The van der Waals surface area contributed by atoms with Gasteiger partial charge in [-0.15, -0.1) is 10.2 Å². The molecule has 0 spiro atoms. The van der Waals surface area contributed by atoms with Crippen molar-refractivity contribution in [2.45, 2.75) is 38.4 Å². The van der Waals surface area contributed by atoms with Gasteiger partial charge in [-0.25, -0.2) is 0 Å². The fourth-order valence-electron chi connectivity index (χ4n) is 4.78. The van der Waals surface area contributed by atoms with Crippen molar-refractivity contribution in [3.8, 4) is 17.0 Å². The molecule has 1 fully saturated rings. The van der Waals surface area contributed by atoms with Crippen LogP contribution < -0.4 is 4.90 Å². The molecule has 2 aliphatic heterocycles. The maximum atomic E-state index is 13.1. The minimum atomic E-state index is -4.54. The number of phenols is 1. The molecule has 1 unspecified atom stereocenters. The Kier molecular flexibility index (Phi) is 5.83. The van der Waals surface area contributed by atoms with Crippen LogP contribution in [0.2, 0.25) is 0 Å². The van der Waals surface area contributed by atoms with Crippen LogP contribution in [0.15, 0.2) is 18.2 Å². The van der Waals surface area contributed by atoms with Crippen LogP contribution in [0.5, 0.6) is 5.75 Å². The van der Waals surface area contributed by atoms with Crippen LogP contribution in [0, 0.1) is 12.8 Å². The molecule has 1 aromatic heterocycles. The topological polar surface area (TPSA) is 72.7 Å². The summed E-state index contributed by atoms with van der Waals surface area (Å²) in [6.45, 7) is 4.21. The van der Waals surface area contributed by atoms with E-state index in [1.807, 2.05) is 0 Å². The number of benzene rings is 1. The molecule has 2 atom stereocenters. The average Bonchev–Trinajstić information content (AvgIpc) is 2.71. The van der Waals surface area contributed by atoms with E-state index in [0.717, 1.165) is 49.4 Å². The molecule has 3 heterocycles. The van der Waals surface area contributed by atoms with Gasteiger partial charge in [-0.05, 0) is 69.1 Å². The number of aromatic hydroxyl groups is 1. The zero-order chi connectivity index (χ0) is 22.3. The molecule has 2 aromatic rings. The lowest BCUT2D eigenvalue weighted by Gasteiger charge is -2.43. The molecule has 0 bridgehead atoms. The number of halogens is 3. The van der Waals surface area contributed by atoms with Gasteiger partial charge in [0.1, 0.15) is 5.75 Å². The number of alkyl halides is 3. The van der Waals surface area contributed by atoms with Gasteiger partial charge in [0.15, 0.2) is 5.82 Å². The van der Waals surface area contributed by atoms with Gasteiger partial charge in [0.05, 0.1) is 11.3 Å². The first-order valence-corrected chi connectivity index (χ1v) is 10.5. The number of aliphatic hydroxyl groups excluding tert-OH is 1. The maximum absolute atomic E-state index is 13.1. The Morgan fingerprint density at radius 2 is 1.94 bits per heavy atom. The van der Waals surface area contributed by atoms with E-state index in [9.17, 15) is 23.4 Å². The van der Waals surface area contributed by atoms with Gasteiger partial charge in [0.25, 0.3) is 0 Å². The first-order valence-electron chi connectivity index (χ1n) is 10.5. The third kappa shape index (κ3) is 4.34. The molecule has 2 aliphatic rings. The fourth-order valence-corrected chi connectivity index (χ4v) is 4.78. The van der Waals surface area contributed by atoms with Gasteiger partial charge in [0.2, 0.25) is 0 Å². The van der Waals surface area contributed by atoms with Gasteiger partial charge >= 0.3 is 6.18 Å². The molecule has 1 aromatic carbocycles. The first kappa shape index (κ1) is 21.8. The van der Waals surface area contributed by atoms with Crippen LogP contribution in [0.1, 0.15) is 29.5 Å². The minimum absolute atomic E-state index is 0.0408. The zero-order valence-electron chi connectivity index (χ0n) is 17.7. The van der Waals surface area contributed by atoms with Crippen molar-refractivity contribution >= 4 is 5.82 Å². The van der Waals surface area contributed by atoms with Crippen LogP contribution in [0.25, 0.3) is 11.3 Å². The summed E-state index contributed by atoms with van der Waals surface area (Å²) in [5, 5.41) is 28.9. The number of aromatic nitrogens is 2. The standard InChI is InChI=1S/C22H27F3N4O2/c1-13-6-16(22(23,24)25)9-19(31)20(13)18-8-15-7-14(12-30)10-29(21(15)27-26-18)17-4-3-5-28(2)11-17/h6,8-9,14,17,30-31H,3-5,7,10-12H2,1-2H3/t14?,17-/m1/s1. The summed E-state index contributed by atoms with van der Waals surface area (Å²) in [6, 6.07) is 3.80. The molecule has 4 rings (SSSR count). The first-order chi connectivity index (χ1) is 14.7. The van der Waals surface area contributed by atoms with E-state index in [1.54, 1.807) is 6.07 Å². The number of fused-ring (bicyclic) bond motifs is 1. The van der Waals surface area contributed by atoms with Crippen molar-refractivity contribution in [2.75, 3.05) is 38.2 Å². The molecular weight excluding hydrogens is 409 g/mol. The second-order valence-electron chi connectivity index (χ2n) is 8.73. The summed E-state index contributed by atoms with van der Waals surface area (Å²) < 4.78 is 39.2. The SMILES string of the molecule is Cc1cc(C(F)(F)F)cc(O)c1-c1cc2c(nn1)N([C@@H]1CCCN(C)C1)CC(CO)C2. The molecule has 0 aliphatic carbocycles. The van der Waals surface area contributed by atoms with Crippen LogP contribution in [-0.4, -0.2) is 64.6 Å². The third-order valence-corrected chi connectivity index (χ3v) is 6.28. The van der Waals surface area contributed by atoms with Crippen molar-refractivity contribution in [3.63, 3.8) is 0 Å². The number of phenolic OH excluding ortho intramolecular Hbond substituents is 1. The number of rotatable bonds is 3. The number of aliphatic hydroxyl groups is 1. The predicted octanol–water partition coefficient (Wildman–Crippen LogP) is 3.24. The van der Waals surface area contributed by atoms with Crippen LogP contribution in [-0.2, 0) is 12.6 Å². The summed E-state index contributed by atoms with van der Waals surface area (Å²) >= 11 is 0. The van der Waals surface area contributed by atoms with Crippen molar-refractivity contribution in [2.24, 2.45) is 5.92 Å². The van der Waals surface area contributed by atoms with E-state index in [-0.39, 0.29) is 29.7 Å². The van der Waals surface area contributed by atoms with Gasteiger partial charge in [-0.2, -0.15) is 13.2 Å². The fraction of sp³-hybridized carbons (Fsp3) is 0.545. The number of hydrogen-bond acceptors (Lipinski definition) is 6. The van der Waals surface area contributed by atoms with E-state index in [2.05, 4.69) is 27.0 Å². The highest BCUT2D eigenvalue weighted by Gasteiger charge is 2.34. The lowest BCUT2D eigenvalue weighted by Crippen LogP contribution is -2.51. The number of hydrogen-bond donors (Lipinski definition) is 2. The maximum Gasteiger partial charge on any atom is 0.416 e. The van der Waals surface area contributed by atoms with Crippen LogP contribution in [0.3, 0.4) is 0 Å². The Balaban J connectivity index is 1.73. The molecule has 0 radical (unpaired) electrons. The number of likely N-dealkylation sites (tertiary alicyclic amines) is 1. The summed E-state index contributed by atoms with van der Waals surface area (Å²) in [4.78, 5) is 4.49. The van der Waals surface area contributed by atoms with Gasteiger partial charge < -0.3 is 20.0 Å². The monoisotopic (exact) mass is 436 g/mol. The average molecular weight is 436 g/mol. The summed E-state index contributed by atoms with van der Waals surface area (Å²) in [5.41, 5.74) is 0.856. The van der Waals surface area contributed by atoms with Gasteiger partial charge in [-0.1, -0.05) is 0 Å². The lowest BCUT2D eigenvalue weighted by molar-refractivity contribution is -0.137. The van der Waals surface area contributed by atoms with Crippen LogP contribution >= 0.6 is 0 Å². The van der Waals surface area contributed by atoms with Gasteiger partial charge in [0, 0.05) is 37.2 Å². The summed E-state index contributed by atoms with van der Waals surface area (Å²) in [6.07, 6.45) is -1.82. The Morgan fingerprint density at radius 1 is 1.16 bits per heavy atom. The molecule has 168 valence electrons. The van der Waals surface area contributed by atoms with Crippen molar-refractivity contribution < 1.29 is 23.4 Å². The summed E-state index contributed by atoms with van der Waals surface area (Å²) in [5.74, 6) is 0.332. The van der Waals surface area contributed by atoms with Gasteiger partial charge in [-0.3, -0.25) is 0 Å². The molecule has 0 amide bonds. The lowest BCUT2D eigenvalue weighted by atomic mass is 9.91. The predicted molar refractivity (Wildman–Crippen MR) is 111 cm³/mol. The zero-order valence-corrected chi connectivity index (χ0v) is 17.7. The number of nitrogens with zero attached hydrogens (tertiary/aromatic N) is 4. The molecule has 9 heteroatoms. The van der Waals surface area contributed by atoms with Crippen molar-refractivity contribution in [3.05, 3.63) is 34.9 Å². The normalized spacial score (nSPS) is 22.5. The highest BCUT2D eigenvalue weighted by molar-refractivity contribution is 5.73. The Labute approximate surface area is 179 Å². The number of likely N-dealkylation sites (N-methyl/N-ethyl adjacent to an activating group) is 1. The van der Waals surface area contributed by atoms with E-state index >= 15 is 0 Å². The Morgan fingerprint density at radius 3 is 2.58 bits per heavy atom. The van der Waals surface area contributed by atoms with E-state index in [4.69, 9.17) is 0 Å². The summed E-state index contributed by atoms with van der Waals surface area (Å²) in [7, 11) is 2.09. The second-order valence-corrected chi connectivity index (χ2v) is 8.73. The third-order valence-electron chi connectivity index (χ3n) is 6.28. The Bertz CT molecular complexity index is 943. The molecule has 0 saturated carbocycles. The molecular formula is C22H27F3N4O2. The van der Waals surface area contributed by atoms with E-state index < -0.39 is 17.5 Å². The largest absolute Gasteiger partial charge is 0.507 e. The highest BCUT2D eigenvalue weighted by Crippen LogP contribution is 2.40. The number of anilines is 1. The smallest absolute Gasteiger partial charge is 0.416 e. The van der Waals surface area contributed by atoms with Crippen molar-refractivity contribution in [1.82, 2.24) is 15.1 Å². The Hall–Kier alpha value is -2.39. The molecule has 2 N–H and O–H groups in total. The highest BCUT2D eigenvalue weighted by atomic mass is 19.4. The minimum Gasteiger partial charge on any atom is -0.507 e. The molecule has 6 nitrogen and oxygen atoms in total. The van der Waals surface area contributed by atoms with E-state index in [0.29, 0.717) is 18.7 Å². The quantitative estimate of drug-likeness (QED) is 0.770. The molecule has 1 saturated heterocycles. The second kappa shape index (κ2) is 8.27. The van der Waals surface area contributed by atoms with Crippen LogP contribution in [0.4, 0.5) is 19.0 Å².